The van der Waals surface area contributed by atoms with Crippen LogP contribution in [0.3, 0.4) is 0 Å². The van der Waals surface area contributed by atoms with Gasteiger partial charge in [0, 0.05) is 24.7 Å². The molecule has 1 aliphatic heterocycles. The summed E-state index contributed by atoms with van der Waals surface area (Å²) in [6.07, 6.45) is 2.24. The van der Waals surface area contributed by atoms with Crippen LogP contribution in [0.15, 0.2) is 24.3 Å². The van der Waals surface area contributed by atoms with E-state index in [0.29, 0.717) is 12.6 Å². The first-order valence-corrected chi connectivity index (χ1v) is 5.93. The Morgan fingerprint density at radius 1 is 1.41 bits per heavy atom. The molecule has 0 aromatic heterocycles. The minimum Gasteiger partial charge on any atom is -0.317 e. The Labute approximate surface area is 100 Å². The van der Waals surface area contributed by atoms with E-state index in [0.717, 1.165) is 31.5 Å². The van der Waals surface area contributed by atoms with Crippen LogP contribution >= 0.6 is 0 Å². The van der Waals surface area contributed by atoms with Gasteiger partial charge in [0.05, 0.1) is 4.92 Å². The van der Waals surface area contributed by atoms with Gasteiger partial charge in [0.25, 0.3) is 5.69 Å². The van der Waals surface area contributed by atoms with E-state index in [1.54, 1.807) is 12.1 Å². The fourth-order valence-corrected chi connectivity index (χ4v) is 2.07. The molecule has 0 atom stereocenters. The molecule has 0 radical (unpaired) electrons. The molecule has 0 amide bonds. The molecular weight excluding hydrogens is 218 g/mol. The van der Waals surface area contributed by atoms with Crippen LogP contribution in [0.1, 0.15) is 18.4 Å². The van der Waals surface area contributed by atoms with Gasteiger partial charge in [-0.05, 0) is 31.5 Å². The molecule has 0 unspecified atom stereocenters. The zero-order chi connectivity index (χ0) is 12.1. The van der Waals surface area contributed by atoms with Crippen LogP contribution in [0.25, 0.3) is 0 Å². The van der Waals surface area contributed by atoms with Gasteiger partial charge in [-0.2, -0.15) is 0 Å². The van der Waals surface area contributed by atoms with Crippen molar-refractivity contribution in [2.75, 3.05) is 13.1 Å². The maximum Gasteiger partial charge on any atom is 0.269 e. The highest BCUT2D eigenvalue weighted by Crippen LogP contribution is 2.13. The Hall–Kier alpha value is -1.46. The van der Waals surface area contributed by atoms with Crippen LogP contribution < -0.4 is 10.6 Å². The Bertz CT molecular complexity index is 389. The Balaban J connectivity index is 1.89. The van der Waals surface area contributed by atoms with Crippen LogP contribution in [-0.4, -0.2) is 24.1 Å². The highest BCUT2D eigenvalue weighted by atomic mass is 16.6. The number of benzene rings is 1. The molecule has 17 heavy (non-hydrogen) atoms. The van der Waals surface area contributed by atoms with Gasteiger partial charge < -0.3 is 10.6 Å². The quantitative estimate of drug-likeness (QED) is 0.612. The average molecular weight is 235 g/mol. The van der Waals surface area contributed by atoms with Gasteiger partial charge >= 0.3 is 0 Å². The lowest BCUT2D eigenvalue weighted by Gasteiger charge is -2.23. The van der Waals surface area contributed by atoms with Gasteiger partial charge in [-0.25, -0.2) is 0 Å². The number of hydrogen-bond donors (Lipinski definition) is 2. The summed E-state index contributed by atoms with van der Waals surface area (Å²) in [5.74, 6) is 0. The van der Waals surface area contributed by atoms with Gasteiger partial charge in [-0.3, -0.25) is 10.1 Å². The number of nitrogens with zero attached hydrogens (tertiary/aromatic N) is 1. The Kier molecular flexibility index (Phi) is 4.06. The van der Waals surface area contributed by atoms with E-state index in [1.807, 2.05) is 6.07 Å². The predicted octanol–water partition coefficient (Wildman–Crippen LogP) is 1.44. The molecule has 2 rings (SSSR count). The molecule has 0 spiro atoms. The van der Waals surface area contributed by atoms with Crippen LogP contribution in [0.2, 0.25) is 0 Å². The largest absolute Gasteiger partial charge is 0.317 e. The van der Waals surface area contributed by atoms with Crippen LogP contribution in [0.5, 0.6) is 0 Å². The first-order valence-electron chi connectivity index (χ1n) is 5.93. The summed E-state index contributed by atoms with van der Waals surface area (Å²) in [7, 11) is 0. The first kappa shape index (κ1) is 12.0. The van der Waals surface area contributed by atoms with E-state index in [-0.39, 0.29) is 10.6 Å². The van der Waals surface area contributed by atoms with Crippen LogP contribution in [0, 0.1) is 10.1 Å². The van der Waals surface area contributed by atoms with Gasteiger partial charge in [0.15, 0.2) is 0 Å². The molecule has 0 aliphatic carbocycles. The van der Waals surface area contributed by atoms with E-state index < -0.39 is 0 Å². The zero-order valence-electron chi connectivity index (χ0n) is 9.69. The molecule has 1 fully saturated rings. The summed E-state index contributed by atoms with van der Waals surface area (Å²) in [6.45, 7) is 2.80. The molecule has 2 N–H and O–H groups in total. The maximum absolute atomic E-state index is 10.6. The summed E-state index contributed by atoms with van der Waals surface area (Å²) in [4.78, 5) is 10.3. The third-order valence-corrected chi connectivity index (χ3v) is 3.06. The summed E-state index contributed by atoms with van der Waals surface area (Å²) < 4.78 is 0. The maximum atomic E-state index is 10.6. The van der Waals surface area contributed by atoms with Crippen molar-refractivity contribution >= 4 is 5.69 Å². The topological polar surface area (TPSA) is 67.2 Å². The molecule has 0 saturated carbocycles. The predicted molar refractivity (Wildman–Crippen MR) is 65.8 cm³/mol. The third kappa shape index (κ3) is 3.51. The summed E-state index contributed by atoms with van der Waals surface area (Å²) in [5.41, 5.74) is 1.13. The van der Waals surface area contributed by atoms with Crippen molar-refractivity contribution in [3.8, 4) is 0 Å². The number of rotatable bonds is 4. The number of piperidine rings is 1. The van der Waals surface area contributed by atoms with E-state index >= 15 is 0 Å². The van der Waals surface area contributed by atoms with Gasteiger partial charge in [0.1, 0.15) is 0 Å². The van der Waals surface area contributed by atoms with Crippen molar-refractivity contribution in [2.24, 2.45) is 0 Å². The molecule has 1 aromatic carbocycles. The molecule has 5 heteroatoms. The highest BCUT2D eigenvalue weighted by molar-refractivity contribution is 5.34. The van der Waals surface area contributed by atoms with Gasteiger partial charge in [-0.1, -0.05) is 12.1 Å². The number of hydrogen-bond acceptors (Lipinski definition) is 4. The fraction of sp³-hybridized carbons (Fsp3) is 0.500. The standard InChI is InChI=1S/C12H17N3O2/c16-15(17)12-3-1-2-10(8-12)9-14-11-4-6-13-7-5-11/h1-3,8,11,13-14H,4-7,9H2. The van der Waals surface area contributed by atoms with Crippen LogP contribution in [-0.2, 0) is 6.54 Å². The van der Waals surface area contributed by atoms with Crippen molar-refractivity contribution < 1.29 is 4.92 Å². The monoisotopic (exact) mass is 235 g/mol. The molecular formula is C12H17N3O2. The van der Waals surface area contributed by atoms with E-state index in [9.17, 15) is 10.1 Å². The van der Waals surface area contributed by atoms with Crippen molar-refractivity contribution in [1.29, 1.82) is 0 Å². The van der Waals surface area contributed by atoms with Crippen molar-refractivity contribution in [3.63, 3.8) is 0 Å². The fourth-order valence-electron chi connectivity index (χ4n) is 2.07. The first-order chi connectivity index (χ1) is 8.25. The summed E-state index contributed by atoms with van der Waals surface area (Å²) in [6, 6.07) is 7.33. The molecule has 0 bridgehead atoms. The Morgan fingerprint density at radius 3 is 2.88 bits per heavy atom. The average Bonchev–Trinajstić information content (AvgIpc) is 2.38. The van der Waals surface area contributed by atoms with Gasteiger partial charge in [-0.15, -0.1) is 0 Å². The normalized spacial score (nSPS) is 16.9. The van der Waals surface area contributed by atoms with E-state index in [2.05, 4.69) is 10.6 Å². The lowest BCUT2D eigenvalue weighted by Crippen LogP contribution is -2.39. The molecule has 5 nitrogen and oxygen atoms in total. The summed E-state index contributed by atoms with van der Waals surface area (Å²) in [5, 5.41) is 17.4. The van der Waals surface area contributed by atoms with E-state index in [4.69, 9.17) is 0 Å². The highest BCUT2D eigenvalue weighted by Gasteiger charge is 2.12. The van der Waals surface area contributed by atoms with Crippen molar-refractivity contribution in [2.45, 2.75) is 25.4 Å². The lowest BCUT2D eigenvalue weighted by molar-refractivity contribution is -0.384. The second-order valence-electron chi connectivity index (χ2n) is 4.33. The number of nitrogens with one attached hydrogen (secondary N) is 2. The molecule has 92 valence electrons. The third-order valence-electron chi connectivity index (χ3n) is 3.06. The molecule has 1 aliphatic rings. The zero-order valence-corrected chi connectivity index (χ0v) is 9.69. The minimum absolute atomic E-state index is 0.162. The smallest absolute Gasteiger partial charge is 0.269 e. The molecule has 1 aromatic rings. The summed E-state index contributed by atoms with van der Waals surface area (Å²) >= 11 is 0. The number of non-ortho nitro benzene ring substituents is 1. The van der Waals surface area contributed by atoms with E-state index in [1.165, 1.54) is 6.07 Å². The second-order valence-corrected chi connectivity index (χ2v) is 4.33. The Morgan fingerprint density at radius 2 is 2.18 bits per heavy atom. The lowest BCUT2D eigenvalue weighted by atomic mass is 10.1. The van der Waals surface area contributed by atoms with Crippen molar-refractivity contribution in [3.05, 3.63) is 39.9 Å². The van der Waals surface area contributed by atoms with Crippen LogP contribution in [0.4, 0.5) is 5.69 Å². The minimum atomic E-state index is -0.353. The number of nitro benzene ring substituents is 1. The number of nitro groups is 1. The SMILES string of the molecule is O=[N+]([O-])c1cccc(CNC2CCNCC2)c1. The second kappa shape index (κ2) is 5.75. The molecule has 1 heterocycles. The van der Waals surface area contributed by atoms with Crippen molar-refractivity contribution in [1.82, 2.24) is 10.6 Å². The van der Waals surface area contributed by atoms with Gasteiger partial charge in [0.2, 0.25) is 0 Å². The molecule has 1 saturated heterocycles.